The number of hydrogen-bond donors (Lipinski definition) is 2. The molecule has 0 aliphatic heterocycles. The molecule has 6 heteroatoms. The lowest BCUT2D eigenvalue weighted by Crippen LogP contribution is -2.26. The van der Waals surface area contributed by atoms with E-state index in [1.807, 2.05) is 19.1 Å². The smallest absolute Gasteiger partial charge is 0.170 e. The predicted molar refractivity (Wildman–Crippen MR) is 85.0 cm³/mol. The maximum Gasteiger partial charge on any atom is 0.170 e. The lowest BCUT2D eigenvalue weighted by Gasteiger charge is -2.24. The molecule has 0 unspecified atom stereocenters. The van der Waals surface area contributed by atoms with Gasteiger partial charge in [-0.15, -0.1) is 11.3 Å². The third-order valence-electron chi connectivity index (χ3n) is 3.53. The average Bonchev–Trinajstić information content (AvgIpc) is 3.19. The van der Waals surface area contributed by atoms with E-state index in [1.54, 1.807) is 11.3 Å². The molecule has 0 amide bonds. The van der Waals surface area contributed by atoms with Gasteiger partial charge in [-0.25, -0.2) is 4.98 Å². The number of amidine groups is 1. The number of aromatic nitrogens is 1. The van der Waals surface area contributed by atoms with E-state index in [-0.39, 0.29) is 5.84 Å². The summed E-state index contributed by atoms with van der Waals surface area (Å²) >= 11 is 1.75. The van der Waals surface area contributed by atoms with Gasteiger partial charge in [0, 0.05) is 22.2 Å². The highest BCUT2D eigenvalue weighted by Crippen LogP contribution is 2.33. The van der Waals surface area contributed by atoms with Crippen molar-refractivity contribution in [3.63, 3.8) is 0 Å². The summed E-state index contributed by atoms with van der Waals surface area (Å²) in [5, 5.41) is 14.0. The van der Waals surface area contributed by atoms with Gasteiger partial charge in [-0.3, -0.25) is 0 Å². The number of nitrogens with zero attached hydrogens (tertiary/aromatic N) is 3. The van der Waals surface area contributed by atoms with Crippen molar-refractivity contribution < 1.29 is 5.21 Å². The molecule has 2 heterocycles. The lowest BCUT2D eigenvalue weighted by molar-refractivity contribution is 0.318. The van der Waals surface area contributed by atoms with Gasteiger partial charge in [0.25, 0.3) is 0 Å². The number of pyridine rings is 1. The Labute approximate surface area is 127 Å². The van der Waals surface area contributed by atoms with Gasteiger partial charge in [-0.1, -0.05) is 11.2 Å². The van der Waals surface area contributed by atoms with Gasteiger partial charge < -0.3 is 15.8 Å². The van der Waals surface area contributed by atoms with Crippen LogP contribution in [0.2, 0.25) is 0 Å². The molecule has 2 aromatic rings. The summed E-state index contributed by atoms with van der Waals surface area (Å²) < 4.78 is 0. The Hall–Kier alpha value is -2.08. The molecule has 0 atom stereocenters. The Balaban J connectivity index is 1.93. The SMILES string of the molecule is Cc1cc(/C(N)=N/O)cc(N(Cc2cccs2)C2CC2)n1. The van der Waals surface area contributed by atoms with Gasteiger partial charge in [-0.2, -0.15) is 0 Å². The molecule has 21 heavy (non-hydrogen) atoms. The minimum atomic E-state index is 0.119. The van der Waals surface area contributed by atoms with Crippen molar-refractivity contribution in [2.75, 3.05) is 4.90 Å². The second kappa shape index (κ2) is 5.73. The standard InChI is InChI=1S/C15H18N4OS/c1-10-7-11(15(16)18-20)8-14(17-10)19(12-4-5-12)9-13-3-2-6-21-13/h2-3,6-8,12,20H,4-5,9H2,1H3,(H2,16,18). The highest BCUT2D eigenvalue weighted by Gasteiger charge is 2.30. The number of hydrogen-bond acceptors (Lipinski definition) is 5. The zero-order valence-electron chi connectivity index (χ0n) is 11.9. The predicted octanol–water partition coefficient (Wildman–Crippen LogP) is 2.72. The van der Waals surface area contributed by atoms with Crippen molar-refractivity contribution in [3.8, 4) is 0 Å². The molecule has 1 aliphatic carbocycles. The summed E-state index contributed by atoms with van der Waals surface area (Å²) in [6.07, 6.45) is 2.39. The molecule has 3 N–H and O–H groups in total. The molecule has 0 bridgehead atoms. The van der Waals surface area contributed by atoms with E-state index in [4.69, 9.17) is 10.9 Å². The molecule has 5 nitrogen and oxygen atoms in total. The number of nitrogens with two attached hydrogens (primary N) is 1. The Bertz CT molecular complexity index is 650. The summed E-state index contributed by atoms with van der Waals surface area (Å²) in [6, 6.07) is 8.47. The minimum absolute atomic E-state index is 0.119. The molecule has 1 aliphatic rings. The molecule has 1 saturated carbocycles. The Kier molecular flexibility index (Phi) is 3.79. The number of thiophene rings is 1. The van der Waals surface area contributed by atoms with Crippen LogP contribution in [0.3, 0.4) is 0 Å². The molecule has 3 rings (SSSR count). The number of rotatable bonds is 5. The fraction of sp³-hybridized carbons (Fsp3) is 0.333. The molecule has 2 aromatic heterocycles. The average molecular weight is 302 g/mol. The quantitative estimate of drug-likeness (QED) is 0.385. The van der Waals surface area contributed by atoms with E-state index >= 15 is 0 Å². The second-order valence-corrected chi connectivity index (χ2v) is 6.31. The molecule has 0 radical (unpaired) electrons. The number of aryl methyl sites for hydroxylation is 1. The summed E-state index contributed by atoms with van der Waals surface area (Å²) in [5.74, 6) is 1.01. The van der Waals surface area contributed by atoms with Gasteiger partial charge >= 0.3 is 0 Å². The Morgan fingerprint density at radius 3 is 2.95 bits per heavy atom. The van der Waals surface area contributed by atoms with Gasteiger partial charge in [0.05, 0.1) is 6.54 Å². The molecular formula is C15H18N4OS. The normalized spacial score (nSPS) is 15.2. The number of oxime groups is 1. The zero-order valence-corrected chi connectivity index (χ0v) is 12.7. The van der Waals surface area contributed by atoms with Gasteiger partial charge in [0.1, 0.15) is 5.82 Å². The Morgan fingerprint density at radius 1 is 1.52 bits per heavy atom. The van der Waals surface area contributed by atoms with Crippen LogP contribution in [0.1, 0.15) is 29.0 Å². The maximum atomic E-state index is 8.87. The highest BCUT2D eigenvalue weighted by molar-refractivity contribution is 7.09. The lowest BCUT2D eigenvalue weighted by atomic mass is 10.2. The molecule has 0 saturated heterocycles. The minimum Gasteiger partial charge on any atom is -0.409 e. The third-order valence-corrected chi connectivity index (χ3v) is 4.39. The van der Waals surface area contributed by atoms with Gasteiger partial charge in [-0.05, 0) is 43.3 Å². The van der Waals surface area contributed by atoms with Crippen LogP contribution < -0.4 is 10.6 Å². The van der Waals surface area contributed by atoms with Crippen LogP contribution in [0.15, 0.2) is 34.8 Å². The summed E-state index contributed by atoms with van der Waals surface area (Å²) in [6.45, 7) is 2.78. The molecular weight excluding hydrogens is 284 g/mol. The zero-order chi connectivity index (χ0) is 14.8. The van der Waals surface area contributed by atoms with Gasteiger partial charge in [0.15, 0.2) is 5.84 Å². The van der Waals surface area contributed by atoms with Crippen molar-refractivity contribution in [1.29, 1.82) is 0 Å². The van der Waals surface area contributed by atoms with Crippen LogP contribution >= 0.6 is 11.3 Å². The first-order valence-corrected chi connectivity index (χ1v) is 7.81. The third kappa shape index (κ3) is 3.16. The van der Waals surface area contributed by atoms with E-state index in [0.717, 1.165) is 18.1 Å². The summed E-state index contributed by atoms with van der Waals surface area (Å²) in [5.41, 5.74) is 7.29. The van der Waals surface area contributed by atoms with Crippen molar-refractivity contribution >= 4 is 23.0 Å². The highest BCUT2D eigenvalue weighted by atomic mass is 32.1. The van der Waals surface area contributed by atoms with E-state index < -0.39 is 0 Å². The monoisotopic (exact) mass is 302 g/mol. The van der Waals surface area contributed by atoms with Crippen LogP contribution in [0.5, 0.6) is 0 Å². The van der Waals surface area contributed by atoms with E-state index in [9.17, 15) is 0 Å². The van der Waals surface area contributed by atoms with Crippen molar-refractivity contribution in [3.05, 3.63) is 45.8 Å². The second-order valence-electron chi connectivity index (χ2n) is 5.28. The van der Waals surface area contributed by atoms with Crippen molar-refractivity contribution in [2.24, 2.45) is 10.9 Å². The van der Waals surface area contributed by atoms with Crippen molar-refractivity contribution in [1.82, 2.24) is 4.98 Å². The van der Waals surface area contributed by atoms with E-state index in [0.29, 0.717) is 11.6 Å². The van der Waals surface area contributed by atoms with Crippen LogP contribution in [-0.2, 0) is 6.54 Å². The molecule has 110 valence electrons. The van der Waals surface area contributed by atoms with Crippen molar-refractivity contribution in [2.45, 2.75) is 32.4 Å². The fourth-order valence-corrected chi connectivity index (χ4v) is 3.06. The van der Waals surface area contributed by atoms with Crippen LogP contribution in [0.4, 0.5) is 5.82 Å². The largest absolute Gasteiger partial charge is 0.409 e. The Morgan fingerprint density at radius 2 is 2.33 bits per heavy atom. The topological polar surface area (TPSA) is 74.7 Å². The van der Waals surface area contributed by atoms with E-state index in [1.165, 1.54) is 17.7 Å². The molecule has 0 spiro atoms. The van der Waals surface area contributed by atoms with Crippen LogP contribution in [0.25, 0.3) is 0 Å². The fourth-order valence-electron chi connectivity index (χ4n) is 2.36. The van der Waals surface area contributed by atoms with Crippen LogP contribution in [-0.4, -0.2) is 22.1 Å². The maximum absolute atomic E-state index is 8.87. The molecule has 0 aromatic carbocycles. The van der Waals surface area contributed by atoms with Gasteiger partial charge in [0.2, 0.25) is 0 Å². The van der Waals surface area contributed by atoms with Crippen LogP contribution in [0, 0.1) is 6.92 Å². The number of anilines is 1. The first-order chi connectivity index (χ1) is 10.2. The first kappa shape index (κ1) is 13.9. The summed E-state index contributed by atoms with van der Waals surface area (Å²) in [4.78, 5) is 8.26. The summed E-state index contributed by atoms with van der Waals surface area (Å²) in [7, 11) is 0. The van der Waals surface area contributed by atoms with E-state index in [2.05, 4.69) is 32.6 Å². The molecule has 1 fully saturated rings. The first-order valence-electron chi connectivity index (χ1n) is 6.93.